The number of carbonyl (C=O) groups excluding carboxylic acids is 3. The number of nitrogens with two attached hydrogens (primary N) is 1. The van der Waals surface area contributed by atoms with Crippen molar-refractivity contribution in [3.05, 3.63) is 35.9 Å². The highest BCUT2D eigenvalue weighted by Crippen LogP contribution is 2.04. The largest absolute Gasteiger partial charge is 0.481 e. The van der Waals surface area contributed by atoms with Gasteiger partial charge in [-0.15, -0.1) is 0 Å². The van der Waals surface area contributed by atoms with Crippen LogP contribution in [0.2, 0.25) is 0 Å². The summed E-state index contributed by atoms with van der Waals surface area (Å²) in [4.78, 5) is 58.1. The standard InChI is InChI=1S/C19H26N4O7/c1-11(17(28)21-10-16(26)27)22-19(30)14(7-8-15(24)25)23-18(29)13(20)9-12-5-3-2-4-6-12/h2-6,11,13-14H,7-10,20H2,1H3,(H,21,28)(H,22,30)(H,23,29)(H,24,25)(H,26,27). The highest BCUT2D eigenvalue weighted by molar-refractivity contribution is 5.93. The molecular weight excluding hydrogens is 396 g/mol. The van der Waals surface area contributed by atoms with Crippen molar-refractivity contribution >= 4 is 29.7 Å². The Bertz CT molecular complexity index is 769. The lowest BCUT2D eigenvalue weighted by molar-refractivity contribution is -0.138. The van der Waals surface area contributed by atoms with Crippen molar-refractivity contribution in [2.45, 2.75) is 44.3 Å². The first-order valence-electron chi connectivity index (χ1n) is 9.21. The molecule has 0 heterocycles. The second kappa shape index (κ2) is 12.2. The Hall–Kier alpha value is -3.47. The van der Waals surface area contributed by atoms with Crippen molar-refractivity contribution in [2.24, 2.45) is 5.73 Å². The molecule has 1 rings (SSSR count). The second-order valence-corrected chi connectivity index (χ2v) is 6.63. The van der Waals surface area contributed by atoms with Gasteiger partial charge in [-0.05, 0) is 25.3 Å². The third-order valence-electron chi connectivity index (χ3n) is 4.08. The minimum atomic E-state index is -1.25. The van der Waals surface area contributed by atoms with Crippen molar-refractivity contribution in [1.29, 1.82) is 0 Å². The molecule has 0 aromatic heterocycles. The van der Waals surface area contributed by atoms with Crippen molar-refractivity contribution < 1.29 is 34.2 Å². The van der Waals surface area contributed by atoms with E-state index in [1.54, 1.807) is 24.3 Å². The predicted octanol–water partition coefficient (Wildman–Crippen LogP) is -1.39. The molecular formula is C19H26N4O7. The lowest BCUT2D eigenvalue weighted by Gasteiger charge is -2.22. The minimum Gasteiger partial charge on any atom is -0.481 e. The molecule has 0 radical (unpaired) electrons. The van der Waals surface area contributed by atoms with Crippen LogP contribution in [0.5, 0.6) is 0 Å². The molecule has 0 spiro atoms. The summed E-state index contributed by atoms with van der Waals surface area (Å²) in [5, 5.41) is 24.3. The van der Waals surface area contributed by atoms with Crippen LogP contribution in [0.15, 0.2) is 30.3 Å². The highest BCUT2D eigenvalue weighted by Gasteiger charge is 2.27. The van der Waals surface area contributed by atoms with Gasteiger partial charge < -0.3 is 31.9 Å². The van der Waals surface area contributed by atoms with Crippen molar-refractivity contribution in [3.63, 3.8) is 0 Å². The molecule has 0 saturated carbocycles. The van der Waals surface area contributed by atoms with E-state index in [2.05, 4.69) is 16.0 Å². The van der Waals surface area contributed by atoms with E-state index in [0.717, 1.165) is 5.56 Å². The lowest BCUT2D eigenvalue weighted by atomic mass is 10.0. The molecule has 3 amide bonds. The van der Waals surface area contributed by atoms with Gasteiger partial charge in [-0.2, -0.15) is 0 Å². The first-order chi connectivity index (χ1) is 14.1. The SMILES string of the molecule is CC(NC(=O)C(CCC(=O)O)NC(=O)C(N)Cc1ccccc1)C(=O)NCC(=O)O. The number of benzene rings is 1. The van der Waals surface area contributed by atoms with Crippen LogP contribution in [0.3, 0.4) is 0 Å². The number of amides is 3. The Morgan fingerprint density at radius 3 is 2.13 bits per heavy atom. The van der Waals surface area contributed by atoms with Crippen molar-refractivity contribution in [2.75, 3.05) is 6.54 Å². The van der Waals surface area contributed by atoms with Gasteiger partial charge in [0.1, 0.15) is 18.6 Å². The molecule has 1 aromatic carbocycles. The van der Waals surface area contributed by atoms with Gasteiger partial charge in [-0.25, -0.2) is 0 Å². The van der Waals surface area contributed by atoms with Crippen LogP contribution in [-0.4, -0.2) is 64.5 Å². The monoisotopic (exact) mass is 422 g/mol. The number of aliphatic carboxylic acids is 2. The van der Waals surface area contributed by atoms with E-state index in [1.807, 2.05) is 6.07 Å². The summed E-state index contributed by atoms with van der Waals surface area (Å²) in [6.07, 6.45) is -0.395. The summed E-state index contributed by atoms with van der Waals surface area (Å²) in [5.74, 6) is -4.58. The maximum Gasteiger partial charge on any atom is 0.322 e. The van der Waals surface area contributed by atoms with Gasteiger partial charge in [-0.3, -0.25) is 24.0 Å². The number of rotatable bonds is 12. The number of hydrogen-bond acceptors (Lipinski definition) is 6. The highest BCUT2D eigenvalue weighted by atomic mass is 16.4. The minimum absolute atomic E-state index is 0.214. The Kier molecular flexibility index (Phi) is 9.97. The van der Waals surface area contributed by atoms with Crippen LogP contribution < -0.4 is 21.7 Å². The van der Waals surface area contributed by atoms with Gasteiger partial charge in [0, 0.05) is 6.42 Å². The van der Waals surface area contributed by atoms with Crippen LogP contribution in [0.25, 0.3) is 0 Å². The Morgan fingerprint density at radius 2 is 1.57 bits per heavy atom. The zero-order chi connectivity index (χ0) is 22.7. The molecule has 3 unspecified atom stereocenters. The Morgan fingerprint density at radius 1 is 0.933 bits per heavy atom. The van der Waals surface area contributed by atoms with E-state index in [1.165, 1.54) is 6.92 Å². The average Bonchev–Trinajstić information content (AvgIpc) is 2.69. The van der Waals surface area contributed by atoms with Gasteiger partial charge in [0.25, 0.3) is 0 Å². The Labute approximate surface area is 173 Å². The second-order valence-electron chi connectivity index (χ2n) is 6.63. The number of carboxylic acids is 2. The normalized spacial score (nSPS) is 13.4. The topological polar surface area (TPSA) is 188 Å². The third kappa shape index (κ3) is 9.15. The van der Waals surface area contributed by atoms with E-state index in [-0.39, 0.29) is 12.8 Å². The summed E-state index contributed by atoms with van der Waals surface area (Å²) >= 11 is 0. The quantitative estimate of drug-likeness (QED) is 0.237. The Balaban J connectivity index is 2.73. The van der Waals surface area contributed by atoms with Gasteiger partial charge >= 0.3 is 11.9 Å². The number of hydrogen-bond donors (Lipinski definition) is 6. The zero-order valence-corrected chi connectivity index (χ0v) is 16.5. The summed E-state index contributed by atoms with van der Waals surface area (Å²) < 4.78 is 0. The molecule has 7 N–H and O–H groups in total. The van der Waals surface area contributed by atoms with E-state index in [4.69, 9.17) is 15.9 Å². The van der Waals surface area contributed by atoms with Crippen molar-refractivity contribution in [1.82, 2.24) is 16.0 Å². The van der Waals surface area contributed by atoms with Crippen LogP contribution in [-0.2, 0) is 30.4 Å². The number of carboxylic acid groups (broad SMARTS) is 2. The van der Waals surface area contributed by atoms with Crippen LogP contribution in [0.4, 0.5) is 0 Å². The van der Waals surface area contributed by atoms with Gasteiger partial charge in [0.05, 0.1) is 6.04 Å². The smallest absolute Gasteiger partial charge is 0.322 e. The molecule has 164 valence electrons. The van der Waals surface area contributed by atoms with Crippen molar-refractivity contribution in [3.8, 4) is 0 Å². The molecule has 0 saturated heterocycles. The molecule has 0 bridgehead atoms. The predicted molar refractivity (Wildman–Crippen MR) is 105 cm³/mol. The summed E-state index contributed by atoms with van der Waals surface area (Å²) in [5.41, 5.74) is 6.71. The fraction of sp³-hybridized carbons (Fsp3) is 0.421. The fourth-order valence-corrected chi connectivity index (χ4v) is 2.47. The van der Waals surface area contributed by atoms with E-state index in [0.29, 0.717) is 0 Å². The molecule has 30 heavy (non-hydrogen) atoms. The van der Waals surface area contributed by atoms with Gasteiger partial charge in [0.2, 0.25) is 17.7 Å². The number of nitrogens with one attached hydrogen (secondary N) is 3. The van der Waals surface area contributed by atoms with Crippen LogP contribution in [0, 0.1) is 0 Å². The summed E-state index contributed by atoms with van der Waals surface area (Å²) in [7, 11) is 0. The first kappa shape index (κ1) is 24.6. The molecule has 11 nitrogen and oxygen atoms in total. The van der Waals surface area contributed by atoms with E-state index < -0.39 is 60.8 Å². The molecule has 0 aliphatic heterocycles. The maximum atomic E-state index is 12.5. The van der Waals surface area contributed by atoms with E-state index >= 15 is 0 Å². The maximum absolute atomic E-state index is 12.5. The zero-order valence-electron chi connectivity index (χ0n) is 16.5. The van der Waals surface area contributed by atoms with E-state index in [9.17, 15) is 24.0 Å². The molecule has 0 fully saturated rings. The lowest BCUT2D eigenvalue weighted by Crippen LogP contribution is -2.55. The molecule has 0 aliphatic carbocycles. The molecule has 0 aliphatic rings. The fourth-order valence-electron chi connectivity index (χ4n) is 2.47. The third-order valence-corrected chi connectivity index (χ3v) is 4.08. The van der Waals surface area contributed by atoms with Crippen LogP contribution >= 0.6 is 0 Å². The first-order valence-corrected chi connectivity index (χ1v) is 9.21. The molecule has 1 aromatic rings. The van der Waals surface area contributed by atoms with Gasteiger partial charge in [-0.1, -0.05) is 30.3 Å². The molecule has 11 heteroatoms. The molecule has 3 atom stereocenters. The summed E-state index contributed by atoms with van der Waals surface area (Å²) in [6, 6.07) is 5.68. The summed E-state index contributed by atoms with van der Waals surface area (Å²) in [6.45, 7) is 0.707. The number of carbonyl (C=O) groups is 5. The average molecular weight is 422 g/mol. The van der Waals surface area contributed by atoms with Crippen LogP contribution in [0.1, 0.15) is 25.3 Å². The van der Waals surface area contributed by atoms with Gasteiger partial charge in [0.15, 0.2) is 0 Å².